The molecule has 1 saturated heterocycles. The first-order chi connectivity index (χ1) is 15.0. The maximum absolute atomic E-state index is 12.3. The maximum Gasteiger partial charge on any atom is 0.323 e. The van der Waals surface area contributed by atoms with Gasteiger partial charge in [0.25, 0.3) is 0 Å². The van der Waals surface area contributed by atoms with Gasteiger partial charge in [0.1, 0.15) is 5.82 Å². The Bertz CT molecular complexity index is 1080. The minimum atomic E-state index is -0.331. The van der Waals surface area contributed by atoms with Crippen LogP contribution >= 0.6 is 11.6 Å². The van der Waals surface area contributed by atoms with Crippen LogP contribution in [0, 0.1) is 13.8 Å². The van der Waals surface area contributed by atoms with Crippen LogP contribution in [0.2, 0.25) is 5.02 Å². The Kier molecular flexibility index (Phi) is 6.23. The molecule has 1 aromatic heterocycles. The summed E-state index contributed by atoms with van der Waals surface area (Å²) in [5, 5.41) is 9.53. The number of nitrogens with zero attached hydrogens (tertiary/aromatic N) is 3. The molecule has 3 N–H and O–H groups in total. The second-order valence-corrected chi connectivity index (χ2v) is 8.04. The Balaban J connectivity index is 1.38. The van der Waals surface area contributed by atoms with Gasteiger partial charge in [-0.1, -0.05) is 17.7 Å². The van der Waals surface area contributed by atoms with Crippen molar-refractivity contribution in [2.75, 3.05) is 33.9 Å². The Hall–Kier alpha value is -3.32. The van der Waals surface area contributed by atoms with Gasteiger partial charge in [-0.25, -0.2) is 9.78 Å². The number of carbonyl (C=O) groups excluding carboxylic acids is 1. The van der Waals surface area contributed by atoms with Gasteiger partial charge < -0.3 is 20.9 Å². The fraction of sp³-hybridized carbons (Fsp3) is 0.261. The average Bonchev–Trinajstić information content (AvgIpc) is 3.27. The number of carbonyl (C=O) groups is 1. The summed E-state index contributed by atoms with van der Waals surface area (Å²) >= 11 is 6.11. The molecule has 4 rings (SSSR count). The zero-order valence-electron chi connectivity index (χ0n) is 17.6. The third-order valence-corrected chi connectivity index (χ3v) is 5.48. The van der Waals surface area contributed by atoms with Crippen LogP contribution in [-0.4, -0.2) is 29.1 Å². The zero-order chi connectivity index (χ0) is 21.8. The molecule has 3 aromatic rings. The quantitative estimate of drug-likeness (QED) is 0.475. The number of anilines is 5. The maximum atomic E-state index is 12.3. The van der Waals surface area contributed by atoms with Crippen LogP contribution in [0.5, 0.6) is 0 Å². The predicted molar refractivity (Wildman–Crippen MR) is 127 cm³/mol. The lowest BCUT2D eigenvalue weighted by Gasteiger charge is -2.17. The zero-order valence-corrected chi connectivity index (χ0v) is 18.3. The number of aromatic nitrogens is 2. The normalized spacial score (nSPS) is 13.2. The number of rotatable bonds is 5. The van der Waals surface area contributed by atoms with Crippen LogP contribution in [0.15, 0.2) is 48.5 Å². The van der Waals surface area contributed by atoms with Gasteiger partial charge in [0.15, 0.2) is 0 Å². The standard InChI is InChI=1S/C23H25ClN6O/c1-15-5-6-19(14-20(15)24)28-23(31)27-18-9-7-17(8-10-18)26-21-13-16(2)25-22(29-21)30-11-3-4-12-30/h5-10,13-14H,3-4,11-12H2,1-2H3,(H,25,26,29)(H2,27,28,31). The highest BCUT2D eigenvalue weighted by Gasteiger charge is 2.16. The van der Waals surface area contributed by atoms with Gasteiger partial charge in [-0.15, -0.1) is 0 Å². The molecule has 1 aliphatic rings. The molecule has 0 spiro atoms. The number of benzene rings is 2. The molecule has 160 valence electrons. The summed E-state index contributed by atoms with van der Waals surface area (Å²) in [7, 11) is 0. The van der Waals surface area contributed by atoms with Crippen LogP contribution in [-0.2, 0) is 0 Å². The van der Waals surface area contributed by atoms with Crippen LogP contribution < -0.4 is 20.9 Å². The molecule has 0 aliphatic carbocycles. The lowest BCUT2D eigenvalue weighted by atomic mass is 10.2. The monoisotopic (exact) mass is 436 g/mol. The summed E-state index contributed by atoms with van der Waals surface area (Å²) in [6.45, 7) is 5.89. The van der Waals surface area contributed by atoms with Crippen LogP contribution in [0.1, 0.15) is 24.1 Å². The lowest BCUT2D eigenvalue weighted by molar-refractivity contribution is 0.262. The van der Waals surface area contributed by atoms with Gasteiger partial charge in [-0.05, 0) is 68.7 Å². The molecule has 1 fully saturated rings. The van der Waals surface area contributed by atoms with E-state index in [-0.39, 0.29) is 6.03 Å². The summed E-state index contributed by atoms with van der Waals surface area (Å²) in [4.78, 5) is 23.7. The predicted octanol–water partition coefficient (Wildman–Crippen LogP) is 5.73. The van der Waals surface area contributed by atoms with E-state index >= 15 is 0 Å². The molecule has 8 heteroatoms. The van der Waals surface area contributed by atoms with Crippen molar-refractivity contribution in [3.05, 3.63) is 64.8 Å². The first-order valence-electron chi connectivity index (χ1n) is 10.3. The number of hydrogen-bond donors (Lipinski definition) is 3. The molecule has 7 nitrogen and oxygen atoms in total. The van der Waals surface area contributed by atoms with E-state index < -0.39 is 0 Å². The van der Waals surface area contributed by atoms with Crippen molar-refractivity contribution >= 4 is 46.5 Å². The molecule has 0 radical (unpaired) electrons. The summed E-state index contributed by atoms with van der Waals surface area (Å²) in [6.07, 6.45) is 2.36. The molecule has 0 saturated carbocycles. The van der Waals surface area contributed by atoms with Gasteiger partial charge in [0.2, 0.25) is 5.95 Å². The largest absolute Gasteiger partial charge is 0.341 e. The minimum Gasteiger partial charge on any atom is -0.341 e. The Morgan fingerprint density at radius 2 is 1.55 bits per heavy atom. The highest BCUT2D eigenvalue weighted by atomic mass is 35.5. The highest BCUT2D eigenvalue weighted by molar-refractivity contribution is 6.31. The summed E-state index contributed by atoms with van der Waals surface area (Å²) in [6, 6.07) is 14.4. The Labute approximate surface area is 186 Å². The van der Waals surface area contributed by atoms with Crippen molar-refractivity contribution in [3.8, 4) is 0 Å². The highest BCUT2D eigenvalue weighted by Crippen LogP contribution is 2.23. The average molecular weight is 437 g/mol. The SMILES string of the molecule is Cc1cc(Nc2ccc(NC(=O)Nc3ccc(C)c(Cl)c3)cc2)nc(N2CCCC2)n1. The van der Waals surface area contributed by atoms with E-state index in [1.165, 1.54) is 12.8 Å². The molecule has 1 aliphatic heterocycles. The second-order valence-electron chi connectivity index (χ2n) is 7.63. The number of hydrogen-bond acceptors (Lipinski definition) is 5. The molecule has 2 amide bonds. The molecule has 0 unspecified atom stereocenters. The van der Waals surface area contributed by atoms with Crippen molar-refractivity contribution in [1.82, 2.24) is 9.97 Å². The first kappa shape index (κ1) is 20.9. The fourth-order valence-electron chi connectivity index (χ4n) is 3.42. The van der Waals surface area contributed by atoms with E-state index in [0.717, 1.165) is 41.8 Å². The smallest absolute Gasteiger partial charge is 0.323 e. The minimum absolute atomic E-state index is 0.331. The fourth-order valence-corrected chi connectivity index (χ4v) is 3.60. The van der Waals surface area contributed by atoms with Gasteiger partial charge in [-0.2, -0.15) is 4.98 Å². The molecule has 0 atom stereocenters. The Morgan fingerprint density at radius 1 is 0.903 bits per heavy atom. The van der Waals surface area contributed by atoms with E-state index in [2.05, 4.69) is 30.8 Å². The molecule has 0 bridgehead atoms. The number of urea groups is 1. The van der Waals surface area contributed by atoms with Gasteiger partial charge >= 0.3 is 6.03 Å². The second kappa shape index (κ2) is 9.22. The van der Waals surface area contributed by atoms with Crippen LogP contribution in [0.25, 0.3) is 0 Å². The van der Waals surface area contributed by atoms with Crippen molar-refractivity contribution in [3.63, 3.8) is 0 Å². The van der Waals surface area contributed by atoms with Gasteiger partial charge in [-0.3, -0.25) is 0 Å². The van der Waals surface area contributed by atoms with E-state index in [9.17, 15) is 4.79 Å². The molecular weight excluding hydrogens is 412 g/mol. The molecule has 2 heterocycles. The van der Waals surface area contributed by atoms with Crippen molar-refractivity contribution in [1.29, 1.82) is 0 Å². The van der Waals surface area contributed by atoms with Crippen molar-refractivity contribution in [2.24, 2.45) is 0 Å². The van der Waals surface area contributed by atoms with Crippen molar-refractivity contribution < 1.29 is 4.79 Å². The summed E-state index contributed by atoms with van der Waals surface area (Å²) in [5.74, 6) is 1.52. The molecule has 2 aromatic carbocycles. The lowest BCUT2D eigenvalue weighted by Crippen LogP contribution is -2.21. The summed E-state index contributed by atoms with van der Waals surface area (Å²) < 4.78 is 0. The van der Waals surface area contributed by atoms with Gasteiger partial charge in [0.05, 0.1) is 0 Å². The van der Waals surface area contributed by atoms with Gasteiger partial charge in [0, 0.05) is 46.9 Å². The molecule has 31 heavy (non-hydrogen) atoms. The topological polar surface area (TPSA) is 82.2 Å². The third-order valence-electron chi connectivity index (χ3n) is 5.08. The van der Waals surface area contributed by atoms with E-state index in [4.69, 9.17) is 11.6 Å². The Morgan fingerprint density at radius 3 is 2.26 bits per heavy atom. The number of aryl methyl sites for hydroxylation is 2. The van der Waals surface area contributed by atoms with E-state index in [0.29, 0.717) is 16.4 Å². The van der Waals surface area contributed by atoms with E-state index in [1.54, 1.807) is 6.07 Å². The number of amides is 2. The van der Waals surface area contributed by atoms with Crippen LogP contribution in [0.3, 0.4) is 0 Å². The van der Waals surface area contributed by atoms with E-state index in [1.807, 2.05) is 56.3 Å². The van der Waals surface area contributed by atoms with Crippen LogP contribution in [0.4, 0.5) is 33.6 Å². The number of halogens is 1. The molecular formula is C23H25ClN6O. The summed E-state index contributed by atoms with van der Waals surface area (Å²) in [5.41, 5.74) is 4.08. The third kappa shape index (κ3) is 5.44. The number of nitrogens with one attached hydrogen (secondary N) is 3. The van der Waals surface area contributed by atoms with Crippen molar-refractivity contribution in [2.45, 2.75) is 26.7 Å². The first-order valence-corrected chi connectivity index (χ1v) is 10.7.